The third-order valence-electron chi connectivity index (χ3n) is 4.62. The minimum Gasteiger partial charge on any atom is -0.455 e. The van der Waals surface area contributed by atoms with Crippen molar-refractivity contribution in [2.75, 3.05) is 16.7 Å². The number of ether oxygens (including phenoxy) is 2. The number of para-hydroxylation sites is 2. The Bertz CT molecular complexity index is 1530. The van der Waals surface area contributed by atoms with Gasteiger partial charge in [-0.05, 0) is 36.4 Å². The van der Waals surface area contributed by atoms with Crippen molar-refractivity contribution < 1.29 is 27.7 Å². The van der Waals surface area contributed by atoms with Crippen molar-refractivity contribution in [3.05, 3.63) is 117 Å². The van der Waals surface area contributed by atoms with Crippen LogP contribution in [-0.2, 0) is 10.0 Å². The smallest absolute Gasteiger partial charge is 0.273 e. The second-order valence-corrected chi connectivity index (χ2v) is 9.37. The Morgan fingerprint density at radius 1 is 0.711 bits per heavy atom. The van der Waals surface area contributed by atoms with Gasteiger partial charge >= 0.3 is 0 Å². The molecular weight excluding hydrogens is 516 g/mol. The van der Waals surface area contributed by atoms with E-state index < -0.39 is 19.9 Å². The molecule has 0 atom stereocenters. The van der Waals surface area contributed by atoms with Gasteiger partial charge in [0.15, 0.2) is 11.5 Å². The molecular formula is C25H22N4O8S. The van der Waals surface area contributed by atoms with E-state index in [0.29, 0.717) is 17.2 Å². The molecule has 0 saturated carbocycles. The maximum absolute atomic E-state index is 11.3. The fourth-order valence-electron chi connectivity index (χ4n) is 2.95. The zero-order chi connectivity index (χ0) is 27.7. The topological polar surface area (TPSA) is 177 Å². The quantitative estimate of drug-likeness (QED) is 0.161. The standard InChI is InChI=1S/C13H12N2O5S.C12H10N2O3/c1-21(18,19)14-12-8-7-10(15(16)17)9-13(12)20-11-5-3-2-4-6-11;13-11-7-6-9(14(15)16)8-12(11)17-10-4-2-1-3-5-10/h2-9,14H,1H3;1-8H,13H2. The van der Waals surface area contributed by atoms with Gasteiger partial charge in [0.05, 0.1) is 39.6 Å². The molecule has 0 radical (unpaired) electrons. The van der Waals surface area contributed by atoms with Crippen LogP contribution in [0, 0.1) is 20.2 Å². The molecule has 4 rings (SSSR count). The molecule has 0 amide bonds. The predicted molar refractivity (Wildman–Crippen MR) is 142 cm³/mol. The Labute approximate surface area is 217 Å². The summed E-state index contributed by atoms with van der Waals surface area (Å²) in [6, 6.07) is 25.3. The molecule has 0 aliphatic rings. The van der Waals surface area contributed by atoms with Crippen LogP contribution in [0.15, 0.2) is 97.1 Å². The lowest BCUT2D eigenvalue weighted by molar-refractivity contribution is -0.385. The first-order chi connectivity index (χ1) is 18.0. The summed E-state index contributed by atoms with van der Waals surface area (Å²) in [6.45, 7) is 0. The van der Waals surface area contributed by atoms with Crippen molar-refractivity contribution in [2.24, 2.45) is 0 Å². The molecule has 38 heavy (non-hydrogen) atoms. The summed E-state index contributed by atoms with van der Waals surface area (Å²) in [5.74, 6) is 1.36. The van der Waals surface area contributed by atoms with Crippen LogP contribution in [0.4, 0.5) is 22.7 Å². The molecule has 0 aliphatic carbocycles. The summed E-state index contributed by atoms with van der Waals surface area (Å²) in [5.41, 5.74) is 5.94. The third-order valence-corrected chi connectivity index (χ3v) is 5.21. The van der Waals surface area contributed by atoms with Gasteiger partial charge in [0.25, 0.3) is 11.4 Å². The number of sulfonamides is 1. The number of nitrogens with two attached hydrogens (primary N) is 1. The highest BCUT2D eigenvalue weighted by Gasteiger charge is 2.15. The van der Waals surface area contributed by atoms with E-state index in [9.17, 15) is 28.6 Å². The number of non-ortho nitro benzene ring substituents is 2. The van der Waals surface area contributed by atoms with Crippen molar-refractivity contribution in [1.29, 1.82) is 0 Å². The SMILES string of the molecule is CS(=O)(=O)Nc1ccc([N+](=O)[O-])cc1Oc1ccccc1.Nc1ccc([N+](=O)[O-])cc1Oc1ccccc1. The van der Waals surface area contributed by atoms with E-state index in [1.807, 2.05) is 18.2 Å². The Kier molecular flexibility index (Phi) is 8.79. The van der Waals surface area contributed by atoms with E-state index in [1.165, 1.54) is 36.4 Å². The maximum Gasteiger partial charge on any atom is 0.273 e. The normalized spacial score (nSPS) is 10.4. The number of nitro groups is 2. The van der Waals surface area contributed by atoms with Crippen LogP contribution in [0.1, 0.15) is 0 Å². The molecule has 0 aliphatic heterocycles. The first-order valence-corrected chi connectivity index (χ1v) is 12.7. The number of nitro benzene ring substituents is 2. The van der Waals surface area contributed by atoms with Crippen molar-refractivity contribution in [3.63, 3.8) is 0 Å². The summed E-state index contributed by atoms with van der Waals surface area (Å²) in [7, 11) is -3.52. The second-order valence-electron chi connectivity index (χ2n) is 7.62. The Hall–Kier alpha value is -5.17. The molecule has 3 N–H and O–H groups in total. The van der Waals surface area contributed by atoms with Gasteiger partial charge in [0.1, 0.15) is 11.5 Å². The van der Waals surface area contributed by atoms with Crippen molar-refractivity contribution in [3.8, 4) is 23.0 Å². The van der Waals surface area contributed by atoms with E-state index in [4.69, 9.17) is 15.2 Å². The molecule has 4 aromatic rings. The van der Waals surface area contributed by atoms with E-state index in [-0.39, 0.29) is 28.6 Å². The number of nitrogens with zero attached hydrogens (tertiary/aromatic N) is 2. The minimum atomic E-state index is -3.52. The molecule has 0 saturated heterocycles. The molecule has 0 heterocycles. The maximum atomic E-state index is 11.3. The average Bonchev–Trinajstić information content (AvgIpc) is 2.87. The lowest BCUT2D eigenvalue weighted by Crippen LogP contribution is -2.10. The number of hydrogen-bond acceptors (Lipinski definition) is 9. The van der Waals surface area contributed by atoms with E-state index in [2.05, 4.69) is 4.72 Å². The number of anilines is 2. The van der Waals surface area contributed by atoms with Crippen LogP contribution in [0.25, 0.3) is 0 Å². The molecule has 0 fully saturated rings. The molecule has 196 valence electrons. The molecule has 13 heteroatoms. The Balaban J connectivity index is 0.000000215. The lowest BCUT2D eigenvalue weighted by Gasteiger charge is -2.11. The third kappa shape index (κ3) is 8.20. The zero-order valence-electron chi connectivity index (χ0n) is 19.9. The summed E-state index contributed by atoms with van der Waals surface area (Å²) in [6.07, 6.45) is 0.987. The number of nitrogen functional groups attached to an aromatic ring is 1. The van der Waals surface area contributed by atoms with Gasteiger partial charge in [0, 0.05) is 12.1 Å². The molecule has 0 aromatic heterocycles. The van der Waals surface area contributed by atoms with Crippen LogP contribution in [-0.4, -0.2) is 24.5 Å². The summed E-state index contributed by atoms with van der Waals surface area (Å²) < 4.78 is 35.9. The summed E-state index contributed by atoms with van der Waals surface area (Å²) >= 11 is 0. The fourth-order valence-corrected chi connectivity index (χ4v) is 3.52. The highest BCUT2D eigenvalue weighted by molar-refractivity contribution is 7.92. The van der Waals surface area contributed by atoms with Gasteiger partial charge < -0.3 is 15.2 Å². The fraction of sp³-hybridized carbons (Fsp3) is 0.0400. The number of rotatable bonds is 8. The number of hydrogen-bond donors (Lipinski definition) is 2. The van der Waals surface area contributed by atoms with Crippen LogP contribution in [0.5, 0.6) is 23.0 Å². The lowest BCUT2D eigenvalue weighted by atomic mass is 10.2. The van der Waals surface area contributed by atoms with Gasteiger partial charge in [-0.3, -0.25) is 25.0 Å². The number of benzene rings is 4. The largest absolute Gasteiger partial charge is 0.455 e. The van der Waals surface area contributed by atoms with Gasteiger partial charge in [-0.25, -0.2) is 8.42 Å². The van der Waals surface area contributed by atoms with Gasteiger partial charge in [-0.15, -0.1) is 0 Å². The van der Waals surface area contributed by atoms with Crippen LogP contribution >= 0.6 is 0 Å². The average molecular weight is 539 g/mol. The highest BCUT2D eigenvalue weighted by Crippen LogP contribution is 2.34. The predicted octanol–water partition coefficient (Wildman–Crippen LogP) is 5.73. The minimum absolute atomic E-state index is 0.0508. The highest BCUT2D eigenvalue weighted by atomic mass is 32.2. The second kappa shape index (κ2) is 12.2. The molecule has 4 aromatic carbocycles. The Morgan fingerprint density at radius 2 is 1.16 bits per heavy atom. The summed E-state index contributed by atoms with van der Waals surface area (Å²) in [4.78, 5) is 20.4. The molecule has 0 spiro atoms. The van der Waals surface area contributed by atoms with Crippen LogP contribution in [0.2, 0.25) is 0 Å². The van der Waals surface area contributed by atoms with Crippen LogP contribution in [0.3, 0.4) is 0 Å². The van der Waals surface area contributed by atoms with E-state index >= 15 is 0 Å². The van der Waals surface area contributed by atoms with Crippen molar-refractivity contribution in [1.82, 2.24) is 0 Å². The van der Waals surface area contributed by atoms with Crippen molar-refractivity contribution >= 4 is 32.8 Å². The van der Waals surface area contributed by atoms with E-state index in [0.717, 1.165) is 6.26 Å². The van der Waals surface area contributed by atoms with Gasteiger partial charge in [-0.2, -0.15) is 0 Å². The van der Waals surface area contributed by atoms with Gasteiger partial charge in [0.2, 0.25) is 10.0 Å². The Morgan fingerprint density at radius 3 is 1.63 bits per heavy atom. The van der Waals surface area contributed by atoms with Crippen LogP contribution < -0.4 is 19.9 Å². The van der Waals surface area contributed by atoms with Crippen molar-refractivity contribution in [2.45, 2.75) is 0 Å². The molecule has 0 bridgehead atoms. The number of nitrogens with one attached hydrogen (secondary N) is 1. The van der Waals surface area contributed by atoms with Gasteiger partial charge in [-0.1, -0.05) is 36.4 Å². The summed E-state index contributed by atoms with van der Waals surface area (Å²) in [5, 5.41) is 21.4. The molecule has 12 nitrogen and oxygen atoms in total. The molecule has 0 unspecified atom stereocenters. The van der Waals surface area contributed by atoms with E-state index in [1.54, 1.807) is 42.5 Å². The first kappa shape index (κ1) is 27.4. The monoisotopic (exact) mass is 538 g/mol. The first-order valence-electron chi connectivity index (χ1n) is 10.8. The zero-order valence-corrected chi connectivity index (χ0v) is 20.7.